The van der Waals surface area contributed by atoms with Crippen LogP contribution >= 0.6 is 0 Å². The Bertz CT molecular complexity index is 378. The number of hydrogen-bond donors (Lipinski definition) is 1. The molecule has 6 heteroatoms. The average Bonchev–Trinajstić information content (AvgIpc) is 2.95. The first-order valence-corrected chi connectivity index (χ1v) is 6.54. The van der Waals surface area contributed by atoms with Gasteiger partial charge in [0.15, 0.2) is 0 Å². The summed E-state index contributed by atoms with van der Waals surface area (Å²) in [7, 11) is 6.08. The van der Waals surface area contributed by atoms with Gasteiger partial charge in [0.2, 0.25) is 5.89 Å². The van der Waals surface area contributed by atoms with Gasteiger partial charge in [-0.1, -0.05) is 5.10 Å². The summed E-state index contributed by atoms with van der Waals surface area (Å²) in [5.41, 5.74) is 0. The van der Waals surface area contributed by atoms with Gasteiger partial charge in [-0.2, -0.15) is 0 Å². The lowest BCUT2D eigenvalue weighted by atomic mass is 10.2. The standard InChI is InChI=1S/C12H23N5O/c1-9(13-2)11-14-15-12(18-11)17-7-5-6-10(17)8-16(3)4/h9-10,13H,5-8H2,1-4H3. The van der Waals surface area contributed by atoms with Crippen molar-refractivity contribution in [2.24, 2.45) is 0 Å². The summed E-state index contributed by atoms with van der Waals surface area (Å²) >= 11 is 0. The number of rotatable bonds is 5. The summed E-state index contributed by atoms with van der Waals surface area (Å²) in [6.07, 6.45) is 2.38. The molecule has 1 fully saturated rings. The van der Waals surface area contributed by atoms with Crippen molar-refractivity contribution < 1.29 is 4.42 Å². The molecule has 6 nitrogen and oxygen atoms in total. The molecule has 0 aliphatic carbocycles. The molecule has 1 N–H and O–H groups in total. The highest BCUT2D eigenvalue weighted by Crippen LogP contribution is 2.25. The third-order valence-corrected chi connectivity index (χ3v) is 3.43. The summed E-state index contributed by atoms with van der Waals surface area (Å²) in [6, 6.07) is 1.25. The monoisotopic (exact) mass is 253 g/mol. The van der Waals surface area contributed by atoms with Crippen LogP contribution in [0.3, 0.4) is 0 Å². The predicted molar refractivity (Wildman–Crippen MR) is 70.7 cm³/mol. The SMILES string of the molecule is CNC(C)c1nnc(N2CCCC2CN(C)C)o1. The zero-order valence-electron chi connectivity index (χ0n) is 11.7. The van der Waals surface area contributed by atoms with E-state index in [9.17, 15) is 0 Å². The Morgan fingerprint density at radius 3 is 2.94 bits per heavy atom. The Balaban J connectivity index is 2.08. The van der Waals surface area contributed by atoms with Gasteiger partial charge in [-0.15, -0.1) is 5.10 Å². The number of likely N-dealkylation sites (N-methyl/N-ethyl adjacent to an activating group) is 1. The van der Waals surface area contributed by atoms with E-state index >= 15 is 0 Å². The molecule has 2 rings (SSSR count). The van der Waals surface area contributed by atoms with Gasteiger partial charge in [-0.25, -0.2) is 0 Å². The molecule has 1 aromatic heterocycles. The summed E-state index contributed by atoms with van der Waals surface area (Å²) in [6.45, 7) is 4.05. The smallest absolute Gasteiger partial charge is 0.318 e. The first kappa shape index (κ1) is 13.3. The van der Waals surface area contributed by atoms with Crippen molar-refractivity contribution in [2.75, 3.05) is 39.1 Å². The Kier molecular flexibility index (Phi) is 4.19. The predicted octanol–water partition coefficient (Wildman–Crippen LogP) is 0.880. The molecular formula is C12H23N5O. The number of aromatic nitrogens is 2. The van der Waals surface area contributed by atoms with Crippen molar-refractivity contribution >= 4 is 6.01 Å². The van der Waals surface area contributed by atoms with Crippen molar-refractivity contribution in [3.8, 4) is 0 Å². The third kappa shape index (κ3) is 2.81. The van der Waals surface area contributed by atoms with E-state index in [1.54, 1.807) is 0 Å². The molecule has 0 saturated carbocycles. The van der Waals surface area contributed by atoms with E-state index in [0.717, 1.165) is 13.1 Å². The third-order valence-electron chi connectivity index (χ3n) is 3.43. The summed E-state index contributed by atoms with van der Waals surface area (Å²) in [5.74, 6) is 0.656. The molecule has 1 aliphatic rings. The second-order valence-corrected chi connectivity index (χ2v) is 5.18. The first-order chi connectivity index (χ1) is 8.61. The van der Waals surface area contributed by atoms with Crippen LogP contribution in [-0.2, 0) is 0 Å². The molecule has 2 atom stereocenters. The highest BCUT2D eigenvalue weighted by molar-refractivity contribution is 5.29. The van der Waals surface area contributed by atoms with Crippen LogP contribution in [0, 0.1) is 0 Å². The molecule has 0 bridgehead atoms. The van der Waals surface area contributed by atoms with E-state index in [0.29, 0.717) is 17.9 Å². The average molecular weight is 253 g/mol. The fourth-order valence-corrected chi connectivity index (χ4v) is 2.34. The van der Waals surface area contributed by atoms with E-state index < -0.39 is 0 Å². The molecule has 2 heterocycles. The van der Waals surface area contributed by atoms with Gasteiger partial charge < -0.3 is 19.5 Å². The Morgan fingerprint density at radius 1 is 1.50 bits per heavy atom. The number of hydrogen-bond acceptors (Lipinski definition) is 6. The Labute approximate surface area is 108 Å². The molecular weight excluding hydrogens is 230 g/mol. The van der Waals surface area contributed by atoms with Crippen LogP contribution in [0.4, 0.5) is 6.01 Å². The maximum Gasteiger partial charge on any atom is 0.318 e. The highest BCUT2D eigenvalue weighted by Gasteiger charge is 2.29. The molecule has 1 aliphatic heterocycles. The van der Waals surface area contributed by atoms with Crippen LogP contribution in [0.5, 0.6) is 0 Å². The molecule has 102 valence electrons. The number of anilines is 1. The molecule has 2 unspecified atom stereocenters. The van der Waals surface area contributed by atoms with Gasteiger partial charge >= 0.3 is 6.01 Å². The quantitative estimate of drug-likeness (QED) is 0.840. The summed E-state index contributed by atoms with van der Waals surface area (Å²) < 4.78 is 5.75. The van der Waals surface area contributed by atoms with Crippen molar-refractivity contribution in [3.63, 3.8) is 0 Å². The molecule has 0 spiro atoms. The zero-order valence-corrected chi connectivity index (χ0v) is 11.7. The molecule has 1 saturated heterocycles. The van der Waals surface area contributed by atoms with Crippen LogP contribution in [0.15, 0.2) is 4.42 Å². The van der Waals surface area contributed by atoms with Crippen LogP contribution in [0.25, 0.3) is 0 Å². The maximum absolute atomic E-state index is 5.75. The molecule has 18 heavy (non-hydrogen) atoms. The summed E-state index contributed by atoms with van der Waals surface area (Å²) in [5, 5.41) is 11.4. The lowest BCUT2D eigenvalue weighted by Crippen LogP contribution is -2.37. The van der Waals surface area contributed by atoms with E-state index in [1.807, 2.05) is 14.0 Å². The first-order valence-electron chi connectivity index (χ1n) is 6.54. The van der Waals surface area contributed by atoms with E-state index in [2.05, 4.69) is 39.4 Å². The van der Waals surface area contributed by atoms with E-state index in [1.165, 1.54) is 12.8 Å². The van der Waals surface area contributed by atoms with Crippen molar-refractivity contribution in [2.45, 2.75) is 31.8 Å². The van der Waals surface area contributed by atoms with Crippen LogP contribution in [0.1, 0.15) is 31.7 Å². The van der Waals surface area contributed by atoms with Gasteiger partial charge in [0.25, 0.3) is 0 Å². The van der Waals surface area contributed by atoms with Crippen molar-refractivity contribution in [1.29, 1.82) is 0 Å². The minimum Gasteiger partial charge on any atom is -0.406 e. The zero-order chi connectivity index (χ0) is 13.1. The Morgan fingerprint density at radius 2 is 2.28 bits per heavy atom. The highest BCUT2D eigenvalue weighted by atomic mass is 16.4. The van der Waals surface area contributed by atoms with Gasteiger partial charge in [-0.05, 0) is 40.9 Å². The van der Waals surface area contributed by atoms with Gasteiger partial charge in [0.05, 0.1) is 6.04 Å². The lowest BCUT2D eigenvalue weighted by Gasteiger charge is -2.25. The normalized spacial score (nSPS) is 21.8. The van der Waals surface area contributed by atoms with Crippen molar-refractivity contribution in [1.82, 2.24) is 20.4 Å². The minimum atomic E-state index is 0.0983. The fraction of sp³-hybridized carbons (Fsp3) is 0.833. The van der Waals surface area contributed by atoms with Gasteiger partial charge in [0, 0.05) is 19.1 Å². The topological polar surface area (TPSA) is 57.4 Å². The van der Waals surface area contributed by atoms with Crippen LogP contribution < -0.4 is 10.2 Å². The largest absolute Gasteiger partial charge is 0.406 e. The minimum absolute atomic E-state index is 0.0983. The van der Waals surface area contributed by atoms with Crippen LogP contribution in [0.2, 0.25) is 0 Å². The van der Waals surface area contributed by atoms with Gasteiger partial charge in [0.1, 0.15) is 0 Å². The van der Waals surface area contributed by atoms with Gasteiger partial charge in [-0.3, -0.25) is 0 Å². The molecule has 1 aromatic rings. The molecule has 0 aromatic carbocycles. The van der Waals surface area contributed by atoms with Crippen LogP contribution in [-0.4, -0.2) is 55.4 Å². The lowest BCUT2D eigenvalue weighted by molar-refractivity contribution is 0.360. The van der Waals surface area contributed by atoms with Crippen molar-refractivity contribution in [3.05, 3.63) is 5.89 Å². The van der Waals surface area contributed by atoms with E-state index in [4.69, 9.17) is 4.42 Å². The fourth-order valence-electron chi connectivity index (χ4n) is 2.34. The number of nitrogens with zero attached hydrogens (tertiary/aromatic N) is 4. The molecule has 0 radical (unpaired) electrons. The summed E-state index contributed by atoms with van der Waals surface area (Å²) in [4.78, 5) is 4.44. The maximum atomic E-state index is 5.75. The Hall–Kier alpha value is -1.14. The molecule has 0 amide bonds. The second kappa shape index (κ2) is 5.67. The number of nitrogens with one attached hydrogen (secondary N) is 1. The van der Waals surface area contributed by atoms with E-state index in [-0.39, 0.29) is 6.04 Å². The second-order valence-electron chi connectivity index (χ2n) is 5.18.